The van der Waals surface area contributed by atoms with Gasteiger partial charge in [-0.15, -0.1) is 0 Å². The summed E-state index contributed by atoms with van der Waals surface area (Å²) in [6.07, 6.45) is 1.05. The number of primary amides is 1. The van der Waals surface area contributed by atoms with Crippen LogP contribution in [0.15, 0.2) is 0 Å². The van der Waals surface area contributed by atoms with Crippen LogP contribution in [-0.4, -0.2) is 55.2 Å². The molecule has 1 rings (SSSR count). The molecule has 100 valence electrons. The lowest BCUT2D eigenvalue weighted by atomic mass is 10.1. The molecule has 1 saturated heterocycles. The number of nitrogens with one attached hydrogen (secondary N) is 1. The molecule has 1 fully saturated rings. The molecule has 1 aliphatic heterocycles. The van der Waals surface area contributed by atoms with Crippen molar-refractivity contribution in [1.29, 1.82) is 0 Å². The van der Waals surface area contributed by atoms with Crippen LogP contribution in [0.5, 0.6) is 0 Å². The van der Waals surface area contributed by atoms with Crippen molar-refractivity contribution in [2.45, 2.75) is 45.4 Å². The molecule has 1 amide bonds. The molecule has 2 atom stereocenters. The maximum Gasteiger partial charge on any atom is 0.234 e. The van der Waals surface area contributed by atoms with Gasteiger partial charge in [-0.05, 0) is 13.3 Å². The molecule has 1 aliphatic rings. The van der Waals surface area contributed by atoms with Gasteiger partial charge in [0.25, 0.3) is 0 Å². The molecule has 0 spiro atoms. The van der Waals surface area contributed by atoms with Gasteiger partial charge in [-0.2, -0.15) is 0 Å². The molecule has 0 aromatic heterocycles. The van der Waals surface area contributed by atoms with E-state index in [9.17, 15) is 4.79 Å². The molecular formula is C12H25N3O2. The van der Waals surface area contributed by atoms with Gasteiger partial charge < -0.3 is 15.8 Å². The first-order valence-electron chi connectivity index (χ1n) is 6.38. The normalized spacial score (nSPS) is 23.9. The molecule has 3 N–H and O–H groups in total. The number of amides is 1. The Morgan fingerprint density at radius 3 is 2.82 bits per heavy atom. The van der Waals surface area contributed by atoms with Crippen LogP contribution in [0.25, 0.3) is 0 Å². The number of hydrogen-bond acceptors (Lipinski definition) is 4. The van der Waals surface area contributed by atoms with E-state index in [-0.39, 0.29) is 24.1 Å². The summed E-state index contributed by atoms with van der Waals surface area (Å²) in [7, 11) is 0. The van der Waals surface area contributed by atoms with Crippen LogP contribution >= 0.6 is 0 Å². The molecule has 17 heavy (non-hydrogen) atoms. The highest BCUT2D eigenvalue weighted by Gasteiger charge is 2.20. The third-order valence-electron chi connectivity index (χ3n) is 2.94. The number of ether oxygens (including phenoxy) is 1. The van der Waals surface area contributed by atoms with Crippen molar-refractivity contribution in [2.24, 2.45) is 5.73 Å². The van der Waals surface area contributed by atoms with Crippen LogP contribution in [0.4, 0.5) is 0 Å². The van der Waals surface area contributed by atoms with Crippen LogP contribution in [0.3, 0.4) is 0 Å². The van der Waals surface area contributed by atoms with Crippen molar-refractivity contribution in [3.05, 3.63) is 0 Å². The Morgan fingerprint density at radius 2 is 2.29 bits per heavy atom. The van der Waals surface area contributed by atoms with E-state index in [4.69, 9.17) is 10.5 Å². The Balaban J connectivity index is 2.32. The van der Waals surface area contributed by atoms with E-state index in [1.54, 1.807) is 0 Å². The smallest absolute Gasteiger partial charge is 0.234 e. The van der Waals surface area contributed by atoms with E-state index >= 15 is 0 Å². The molecule has 0 aromatic rings. The zero-order chi connectivity index (χ0) is 12.8. The average molecular weight is 243 g/mol. The van der Waals surface area contributed by atoms with Crippen LogP contribution in [0.1, 0.15) is 27.2 Å². The molecule has 2 unspecified atom stereocenters. The number of hydrogen-bond donors (Lipinski definition) is 2. The maximum atomic E-state index is 11.3. The average Bonchev–Trinajstić information content (AvgIpc) is 2.23. The minimum Gasteiger partial charge on any atom is -0.376 e. The predicted molar refractivity (Wildman–Crippen MR) is 67.7 cm³/mol. The van der Waals surface area contributed by atoms with Crippen LogP contribution < -0.4 is 11.1 Å². The quantitative estimate of drug-likeness (QED) is 0.686. The Labute approximate surface area is 104 Å². The highest BCUT2D eigenvalue weighted by atomic mass is 16.5. The second kappa shape index (κ2) is 6.93. The molecular weight excluding hydrogens is 218 g/mol. The SMILES string of the molecule is CC(C)NC(CCN1CCOC(C)C1)C(N)=O. The second-order valence-corrected chi connectivity index (χ2v) is 5.05. The molecule has 0 bridgehead atoms. The molecule has 0 saturated carbocycles. The molecule has 5 nitrogen and oxygen atoms in total. The van der Waals surface area contributed by atoms with Crippen molar-refractivity contribution in [2.75, 3.05) is 26.2 Å². The zero-order valence-corrected chi connectivity index (χ0v) is 11.1. The Kier molecular flexibility index (Phi) is 5.88. The molecule has 5 heteroatoms. The molecule has 1 heterocycles. The van der Waals surface area contributed by atoms with Crippen molar-refractivity contribution in [1.82, 2.24) is 10.2 Å². The lowest BCUT2D eigenvalue weighted by molar-refractivity contribution is -0.120. The summed E-state index contributed by atoms with van der Waals surface area (Å²) in [5, 5.41) is 3.20. The lowest BCUT2D eigenvalue weighted by Gasteiger charge is -2.32. The first kappa shape index (κ1) is 14.4. The number of carbonyl (C=O) groups excluding carboxylic acids is 1. The van der Waals surface area contributed by atoms with E-state index in [1.807, 2.05) is 13.8 Å². The minimum atomic E-state index is -0.264. The highest BCUT2D eigenvalue weighted by Crippen LogP contribution is 2.06. The molecule has 0 aromatic carbocycles. The van der Waals surface area contributed by atoms with Crippen molar-refractivity contribution in [3.63, 3.8) is 0 Å². The molecule has 0 radical (unpaired) electrons. The molecule has 0 aliphatic carbocycles. The first-order valence-corrected chi connectivity index (χ1v) is 6.38. The number of carbonyl (C=O) groups is 1. The number of nitrogens with zero attached hydrogens (tertiary/aromatic N) is 1. The number of morpholine rings is 1. The summed E-state index contributed by atoms with van der Waals surface area (Å²) in [4.78, 5) is 13.6. The van der Waals surface area contributed by atoms with Crippen LogP contribution in [0, 0.1) is 0 Å². The zero-order valence-electron chi connectivity index (χ0n) is 11.1. The Morgan fingerprint density at radius 1 is 1.59 bits per heavy atom. The fourth-order valence-corrected chi connectivity index (χ4v) is 2.12. The summed E-state index contributed by atoms with van der Waals surface area (Å²) in [5.41, 5.74) is 5.38. The summed E-state index contributed by atoms with van der Waals surface area (Å²) >= 11 is 0. The topological polar surface area (TPSA) is 67.6 Å². The van der Waals surface area contributed by atoms with Gasteiger partial charge in [0.1, 0.15) is 0 Å². The van der Waals surface area contributed by atoms with E-state index < -0.39 is 0 Å². The van der Waals surface area contributed by atoms with Crippen LogP contribution in [0.2, 0.25) is 0 Å². The fraction of sp³-hybridized carbons (Fsp3) is 0.917. The van der Waals surface area contributed by atoms with Crippen molar-refractivity contribution >= 4 is 5.91 Å². The van der Waals surface area contributed by atoms with Crippen molar-refractivity contribution < 1.29 is 9.53 Å². The van der Waals surface area contributed by atoms with Crippen LogP contribution in [-0.2, 0) is 9.53 Å². The van der Waals surface area contributed by atoms with Gasteiger partial charge in [-0.1, -0.05) is 13.8 Å². The van der Waals surface area contributed by atoms with E-state index in [2.05, 4.69) is 17.1 Å². The standard InChI is InChI=1S/C12H25N3O2/c1-9(2)14-11(12(13)16)4-5-15-6-7-17-10(3)8-15/h9-11,14H,4-8H2,1-3H3,(H2,13,16). The van der Waals surface area contributed by atoms with Gasteiger partial charge in [0.2, 0.25) is 5.91 Å². The van der Waals surface area contributed by atoms with Gasteiger partial charge in [0.05, 0.1) is 18.8 Å². The third kappa shape index (κ3) is 5.48. The summed E-state index contributed by atoms with van der Waals surface area (Å²) in [5.74, 6) is -0.264. The number of nitrogens with two attached hydrogens (primary N) is 1. The summed E-state index contributed by atoms with van der Waals surface area (Å²) in [6, 6.07) is 0.0456. The van der Waals surface area contributed by atoms with E-state index in [0.29, 0.717) is 0 Å². The third-order valence-corrected chi connectivity index (χ3v) is 2.94. The van der Waals surface area contributed by atoms with Crippen molar-refractivity contribution in [3.8, 4) is 0 Å². The number of rotatable bonds is 6. The fourth-order valence-electron chi connectivity index (χ4n) is 2.12. The first-order chi connectivity index (χ1) is 7.99. The van der Waals surface area contributed by atoms with Gasteiger partial charge in [-0.3, -0.25) is 9.69 Å². The van der Waals surface area contributed by atoms with Gasteiger partial charge in [0.15, 0.2) is 0 Å². The van der Waals surface area contributed by atoms with E-state index in [0.717, 1.165) is 32.7 Å². The highest BCUT2D eigenvalue weighted by molar-refractivity contribution is 5.79. The summed E-state index contributed by atoms with van der Waals surface area (Å²) < 4.78 is 5.48. The lowest BCUT2D eigenvalue weighted by Crippen LogP contribution is -2.48. The largest absolute Gasteiger partial charge is 0.376 e. The van der Waals surface area contributed by atoms with E-state index in [1.165, 1.54) is 0 Å². The maximum absolute atomic E-state index is 11.3. The van der Waals surface area contributed by atoms with Gasteiger partial charge in [-0.25, -0.2) is 0 Å². The Bertz CT molecular complexity index is 246. The van der Waals surface area contributed by atoms with Gasteiger partial charge in [0, 0.05) is 25.7 Å². The summed E-state index contributed by atoms with van der Waals surface area (Å²) in [6.45, 7) is 9.66. The Hall–Kier alpha value is -0.650. The monoisotopic (exact) mass is 243 g/mol. The van der Waals surface area contributed by atoms with Gasteiger partial charge >= 0.3 is 0 Å². The minimum absolute atomic E-state index is 0.229. The second-order valence-electron chi connectivity index (χ2n) is 5.05. The predicted octanol–water partition coefficient (Wildman–Crippen LogP) is -0.0509.